The van der Waals surface area contributed by atoms with Crippen molar-refractivity contribution in [3.63, 3.8) is 0 Å². The standard InChI is InChI=1S/C9H7N2.3C4H9.Sn/c1-2-4-8(5-3-1)9-10-6-7-11-9;3*1-3-4-2;/h2-7H,(H,10,11);3*1,3-4H2,2H3;. The summed E-state index contributed by atoms with van der Waals surface area (Å²) in [6, 6.07) is 9.50. The van der Waals surface area contributed by atoms with Gasteiger partial charge in [-0.3, -0.25) is 0 Å². The predicted molar refractivity (Wildman–Crippen MR) is 109 cm³/mol. The molecular weight excluding hydrogens is 399 g/mol. The van der Waals surface area contributed by atoms with Gasteiger partial charge in [-0.25, -0.2) is 0 Å². The van der Waals surface area contributed by atoms with Crippen molar-refractivity contribution in [3.05, 3.63) is 36.7 Å². The van der Waals surface area contributed by atoms with E-state index in [1.807, 2.05) is 12.4 Å². The van der Waals surface area contributed by atoms with Gasteiger partial charge >= 0.3 is 153 Å². The third-order valence-corrected chi connectivity index (χ3v) is 21.0. The van der Waals surface area contributed by atoms with Crippen molar-refractivity contribution in [2.75, 3.05) is 0 Å². The normalized spacial score (nSPS) is 11.8. The quantitative estimate of drug-likeness (QED) is 0.425. The Bertz CT molecular complexity index is 538. The second kappa shape index (κ2) is 10.3. The zero-order valence-electron chi connectivity index (χ0n) is 15.8. The minimum atomic E-state index is -2.26. The SMILES string of the molecule is CCC[CH2][Sn]([CH2]CCC)([CH2]CCC)[c]1ccc(-c2ncc[nH]2)cc1. The molecule has 0 atom stereocenters. The van der Waals surface area contributed by atoms with Crippen LogP contribution in [0.5, 0.6) is 0 Å². The van der Waals surface area contributed by atoms with Gasteiger partial charge in [0.1, 0.15) is 0 Å². The van der Waals surface area contributed by atoms with Crippen LogP contribution in [0.3, 0.4) is 0 Å². The van der Waals surface area contributed by atoms with Gasteiger partial charge in [0.25, 0.3) is 0 Å². The summed E-state index contributed by atoms with van der Waals surface area (Å²) in [5, 5.41) is 0. The first kappa shape index (κ1) is 19.6. The first-order valence-electron chi connectivity index (χ1n) is 9.86. The zero-order chi connectivity index (χ0) is 17.3. The molecule has 0 unspecified atom stereocenters. The van der Waals surface area contributed by atoms with Crippen LogP contribution in [0.4, 0.5) is 0 Å². The Kier molecular flexibility index (Phi) is 8.37. The number of hydrogen-bond acceptors (Lipinski definition) is 1. The number of hydrogen-bond donors (Lipinski definition) is 1. The minimum absolute atomic E-state index is 0.984. The number of nitrogens with one attached hydrogen (secondary N) is 1. The van der Waals surface area contributed by atoms with Crippen LogP contribution in [0.15, 0.2) is 36.7 Å². The zero-order valence-corrected chi connectivity index (χ0v) is 18.6. The fourth-order valence-electron chi connectivity index (χ4n) is 3.76. The van der Waals surface area contributed by atoms with Gasteiger partial charge in [-0.1, -0.05) is 0 Å². The molecule has 24 heavy (non-hydrogen) atoms. The molecule has 1 aromatic heterocycles. The Morgan fingerprint density at radius 3 is 1.79 bits per heavy atom. The predicted octanol–water partition coefficient (Wildman–Crippen LogP) is 6.13. The van der Waals surface area contributed by atoms with E-state index in [2.05, 4.69) is 55.0 Å². The van der Waals surface area contributed by atoms with E-state index in [1.54, 1.807) is 3.58 Å². The molecule has 2 aromatic rings. The van der Waals surface area contributed by atoms with Crippen molar-refractivity contribution in [1.29, 1.82) is 0 Å². The summed E-state index contributed by atoms with van der Waals surface area (Å²) < 4.78 is 6.34. The third-order valence-electron chi connectivity index (χ3n) is 5.30. The molecule has 2 rings (SSSR count). The van der Waals surface area contributed by atoms with E-state index in [0.29, 0.717) is 0 Å². The fraction of sp³-hybridized carbons (Fsp3) is 0.571. The van der Waals surface area contributed by atoms with Crippen LogP contribution in [-0.2, 0) is 0 Å². The number of rotatable bonds is 11. The number of nitrogens with zero attached hydrogens (tertiary/aromatic N) is 1. The maximum absolute atomic E-state index is 4.39. The first-order chi connectivity index (χ1) is 11.8. The van der Waals surface area contributed by atoms with E-state index in [-0.39, 0.29) is 0 Å². The molecule has 0 aliphatic heterocycles. The molecule has 0 saturated heterocycles. The van der Waals surface area contributed by atoms with Gasteiger partial charge in [-0.05, 0) is 0 Å². The van der Waals surface area contributed by atoms with Crippen LogP contribution in [0, 0.1) is 0 Å². The third kappa shape index (κ3) is 5.11. The van der Waals surface area contributed by atoms with Crippen LogP contribution in [0.2, 0.25) is 13.3 Å². The van der Waals surface area contributed by atoms with Gasteiger partial charge in [0.2, 0.25) is 0 Å². The molecular formula is C21H34N2Sn. The van der Waals surface area contributed by atoms with E-state index in [0.717, 1.165) is 5.82 Å². The van der Waals surface area contributed by atoms with Gasteiger partial charge in [-0.15, -0.1) is 0 Å². The van der Waals surface area contributed by atoms with Crippen LogP contribution in [0.1, 0.15) is 59.3 Å². The molecule has 0 spiro atoms. The van der Waals surface area contributed by atoms with Crippen molar-refractivity contribution >= 4 is 22.0 Å². The summed E-state index contributed by atoms with van der Waals surface area (Å²) in [4.78, 5) is 7.61. The topological polar surface area (TPSA) is 28.7 Å². The van der Waals surface area contributed by atoms with Crippen LogP contribution in [0.25, 0.3) is 11.4 Å². The number of aromatic nitrogens is 2. The Labute approximate surface area is 152 Å². The molecule has 1 aromatic carbocycles. The molecule has 0 aliphatic rings. The Balaban J connectivity index is 2.28. The number of aromatic amines is 1. The van der Waals surface area contributed by atoms with Crippen molar-refractivity contribution in [1.82, 2.24) is 9.97 Å². The molecule has 0 radical (unpaired) electrons. The molecule has 0 fully saturated rings. The first-order valence-corrected chi connectivity index (χ1v) is 17.3. The molecule has 1 heterocycles. The van der Waals surface area contributed by atoms with E-state index in [9.17, 15) is 0 Å². The Hall–Kier alpha value is -0.771. The molecule has 1 N–H and O–H groups in total. The maximum atomic E-state index is 4.39. The summed E-state index contributed by atoms with van der Waals surface area (Å²) in [7, 11) is 0. The Morgan fingerprint density at radius 1 is 0.833 bits per heavy atom. The molecule has 0 saturated carbocycles. The van der Waals surface area contributed by atoms with Crippen molar-refractivity contribution < 1.29 is 0 Å². The van der Waals surface area contributed by atoms with E-state index >= 15 is 0 Å². The molecule has 0 aliphatic carbocycles. The molecule has 3 heteroatoms. The number of H-pyrrole nitrogens is 1. The van der Waals surface area contributed by atoms with Crippen LogP contribution in [-0.4, -0.2) is 28.3 Å². The molecule has 0 bridgehead atoms. The van der Waals surface area contributed by atoms with Gasteiger partial charge in [0.05, 0.1) is 0 Å². The van der Waals surface area contributed by atoms with Crippen molar-refractivity contribution in [3.8, 4) is 11.4 Å². The van der Waals surface area contributed by atoms with Gasteiger partial charge in [0.15, 0.2) is 0 Å². The van der Waals surface area contributed by atoms with Crippen LogP contribution >= 0.6 is 0 Å². The summed E-state index contributed by atoms with van der Waals surface area (Å²) in [6.07, 6.45) is 12.0. The van der Waals surface area contributed by atoms with Gasteiger partial charge in [0, 0.05) is 0 Å². The molecule has 2 nitrogen and oxygen atoms in total. The number of unbranched alkanes of at least 4 members (excludes halogenated alkanes) is 3. The Morgan fingerprint density at radius 2 is 1.38 bits per heavy atom. The van der Waals surface area contributed by atoms with E-state index in [1.165, 1.54) is 57.4 Å². The average Bonchev–Trinajstić information content (AvgIpc) is 3.16. The molecule has 132 valence electrons. The second-order valence-corrected chi connectivity index (χ2v) is 20.3. The monoisotopic (exact) mass is 434 g/mol. The van der Waals surface area contributed by atoms with E-state index < -0.39 is 18.4 Å². The summed E-state index contributed by atoms with van der Waals surface area (Å²) in [5.74, 6) is 0.984. The van der Waals surface area contributed by atoms with Gasteiger partial charge in [-0.2, -0.15) is 0 Å². The van der Waals surface area contributed by atoms with Gasteiger partial charge < -0.3 is 0 Å². The summed E-state index contributed by atoms with van der Waals surface area (Å²) >= 11 is -2.26. The number of benzene rings is 1. The van der Waals surface area contributed by atoms with Crippen molar-refractivity contribution in [2.24, 2.45) is 0 Å². The van der Waals surface area contributed by atoms with E-state index in [4.69, 9.17) is 0 Å². The second-order valence-electron chi connectivity index (χ2n) is 7.11. The summed E-state index contributed by atoms with van der Waals surface area (Å²) in [6.45, 7) is 7.03. The summed E-state index contributed by atoms with van der Waals surface area (Å²) in [5.41, 5.74) is 1.21. The number of imidazole rings is 1. The average molecular weight is 433 g/mol. The van der Waals surface area contributed by atoms with Crippen LogP contribution < -0.4 is 3.58 Å². The fourth-order valence-corrected chi connectivity index (χ4v) is 19.7. The van der Waals surface area contributed by atoms with Crippen molar-refractivity contribution in [2.45, 2.75) is 72.6 Å². The molecule has 0 amide bonds.